The summed E-state index contributed by atoms with van der Waals surface area (Å²) in [5.41, 5.74) is 3.48. The van der Waals surface area contributed by atoms with Gasteiger partial charge in [0.2, 0.25) is 0 Å². The minimum atomic E-state index is 0.664. The molecule has 0 spiro atoms. The van der Waals surface area contributed by atoms with Crippen LogP contribution < -0.4 is 0 Å². The van der Waals surface area contributed by atoms with E-state index in [0.717, 1.165) is 20.9 Å². The lowest BCUT2D eigenvalue weighted by molar-refractivity contribution is 1.49. The first-order valence-electron chi connectivity index (χ1n) is 6.41. The molecular formula is C18H10N2S. The maximum Gasteiger partial charge on any atom is 0.0991 e. The Morgan fingerprint density at radius 3 is 2.00 bits per heavy atom. The minimum absolute atomic E-state index is 0.664. The fourth-order valence-corrected chi connectivity index (χ4v) is 3.11. The summed E-state index contributed by atoms with van der Waals surface area (Å²) in [4.78, 5) is 2.28. The number of benzene rings is 2. The molecule has 98 valence electrons. The van der Waals surface area contributed by atoms with Crippen LogP contribution in [0.2, 0.25) is 0 Å². The van der Waals surface area contributed by atoms with Gasteiger partial charge in [0.25, 0.3) is 0 Å². The number of rotatable bonds is 2. The van der Waals surface area contributed by atoms with Crippen LogP contribution in [0.25, 0.3) is 20.9 Å². The topological polar surface area (TPSA) is 47.6 Å². The van der Waals surface area contributed by atoms with Crippen molar-refractivity contribution in [2.75, 3.05) is 0 Å². The fourth-order valence-electron chi connectivity index (χ4n) is 2.10. The molecule has 0 aliphatic heterocycles. The molecule has 0 saturated heterocycles. The van der Waals surface area contributed by atoms with Crippen molar-refractivity contribution in [3.8, 4) is 33.0 Å². The lowest BCUT2D eigenvalue weighted by Crippen LogP contribution is -1.76. The van der Waals surface area contributed by atoms with Crippen molar-refractivity contribution in [3.05, 3.63) is 71.8 Å². The molecule has 0 bridgehead atoms. The van der Waals surface area contributed by atoms with E-state index in [1.54, 1.807) is 17.4 Å². The van der Waals surface area contributed by atoms with E-state index < -0.39 is 0 Å². The Balaban J connectivity index is 1.96. The highest BCUT2D eigenvalue weighted by atomic mass is 32.1. The highest BCUT2D eigenvalue weighted by Crippen LogP contribution is 2.34. The van der Waals surface area contributed by atoms with E-state index >= 15 is 0 Å². The maximum absolute atomic E-state index is 8.97. The van der Waals surface area contributed by atoms with Crippen LogP contribution in [0.1, 0.15) is 11.1 Å². The SMILES string of the molecule is N#Cc1ccc(-c2ccc(-c3cccc(C#N)c3)s2)cc1. The number of hydrogen-bond acceptors (Lipinski definition) is 3. The summed E-state index contributed by atoms with van der Waals surface area (Å²) in [6.07, 6.45) is 0. The van der Waals surface area contributed by atoms with Gasteiger partial charge in [0.1, 0.15) is 0 Å². The fraction of sp³-hybridized carbons (Fsp3) is 0. The first kappa shape index (κ1) is 13.1. The zero-order chi connectivity index (χ0) is 14.7. The van der Waals surface area contributed by atoms with Crippen molar-refractivity contribution in [2.24, 2.45) is 0 Å². The van der Waals surface area contributed by atoms with E-state index in [9.17, 15) is 0 Å². The van der Waals surface area contributed by atoms with Gasteiger partial charge in [0, 0.05) is 9.75 Å². The summed E-state index contributed by atoms with van der Waals surface area (Å²) in [6.45, 7) is 0. The number of nitriles is 2. The Morgan fingerprint density at radius 1 is 0.667 bits per heavy atom. The Morgan fingerprint density at radius 2 is 1.33 bits per heavy atom. The Kier molecular flexibility index (Phi) is 3.51. The predicted octanol–water partition coefficient (Wildman–Crippen LogP) is 4.83. The Bertz CT molecular complexity index is 861. The zero-order valence-corrected chi connectivity index (χ0v) is 11.9. The van der Waals surface area contributed by atoms with Crippen molar-refractivity contribution in [1.29, 1.82) is 10.5 Å². The van der Waals surface area contributed by atoms with Gasteiger partial charge in [0.15, 0.2) is 0 Å². The van der Waals surface area contributed by atoms with Crippen molar-refractivity contribution in [1.82, 2.24) is 0 Å². The number of thiophene rings is 1. The molecule has 21 heavy (non-hydrogen) atoms. The first-order valence-corrected chi connectivity index (χ1v) is 7.23. The van der Waals surface area contributed by atoms with Crippen LogP contribution in [-0.4, -0.2) is 0 Å². The lowest BCUT2D eigenvalue weighted by Gasteiger charge is -1.98. The molecule has 0 amide bonds. The van der Waals surface area contributed by atoms with Gasteiger partial charge in [-0.05, 0) is 47.5 Å². The largest absolute Gasteiger partial charge is 0.192 e. The molecule has 1 aromatic heterocycles. The monoisotopic (exact) mass is 286 g/mol. The van der Waals surface area contributed by atoms with Crippen LogP contribution in [0.15, 0.2) is 60.7 Å². The van der Waals surface area contributed by atoms with Gasteiger partial charge in [-0.2, -0.15) is 10.5 Å². The molecule has 0 aliphatic carbocycles. The maximum atomic E-state index is 8.97. The van der Waals surface area contributed by atoms with Crippen LogP contribution in [0, 0.1) is 22.7 Å². The molecule has 0 atom stereocenters. The van der Waals surface area contributed by atoms with E-state index in [1.807, 2.05) is 42.5 Å². The minimum Gasteiger partial charge on any atom is -0.192 e. The summed E-state index contributed by atoms with van der Waals surface area (Å²) in [5.74, 6) is 0. The van der Waals surface area contributed by atoms with Crippen LogP contribution in [0.4, 0.5) is 0 Å². The number of hydrogen-bond donors (Lipinski definition) is 0. The molecule has 0 aliphatic rings. The summed E-state index contributed by atoms with van der Waals surface area (Å²) >= 11 is 1.68. The van der Waals surface area contributed by atoms with Crippen LogP contribution in [0.3, 0.4) is 0 Å². The third-order valence-corrected chi connectivity index (χ3v) is 4.36. The summed E-state index contributed by atoms with van der Waals surface area (Å²) < 4.78 is 0. The molecule has 0 N–H and O–H groups in total. The zero-order valence-electron chi connectivity index (χ0n) is 11.1. The molecule has 2 aromatic carbocycles. The van der Waals surface area contributed by atoms with Crippen LogP contribution in [-0.2, 0) is 0 Å². The molecule has 0 unspecified atom stereocenters. The van der Waals surface area contributed by atoms with E-state index in [0.29, 0.717) is 11.1 Å². The molecule has 3 aromatic rings. The third-order valence-electron chi connectivity index (χ3n) is 3.18. The molecule has 2 nitrogen and oxygen atoms in total. The van der Waals surface area contributed by atoms with E-state index in [1.165, 1.54) is 0 Å². The highest BCUT2D eigenvalue weighted by molar-refractivity contribution is 7.18. The molecule has 3 rings (SSSR count). The average Bonchev–Trinajstić information content (AvgIpc) is 3.05. The van der Waals surface area contributed by atoms with Crippen LogP contribution in [0.5, 0.6) is 0 Å². The molecule has 1 heterocycles. The molecule has 0 radical (unpaired) electrons. The lowest BCUT2D eigenvalue weighted by atomic mass is 10.1. The molecule has 0 fully saturated rings. The summed E-state index contributed by atoms with van der Waals surface area (Å²) in [5, 5.41) is 17.8. The Hall–Kier alpha value is -2.88. The molecular weight excluding hydrogens is 276 g/mol. The van der Waals surface area contributed by atoms with Crippen molar-refractivity contribution in [2.45, 2.75) is 0 Å². The third kappa shape index (κ3) is 2.69. The summed E-state index contributed by atoms with van der Waals surface area (Å²) in [7, 11) is 0. The van der Waals surface area contributed by atoms with Crippen molar-refractivity contribution in [3.63, 3.8) is 0 Å². The smallest absolute Gasteiger partial charge is 0.0991 e. The van der Waals surface area contributed by atoms with Gasteiger partial charge >= 0.3 is 0 Å². The van der Waals surface area contributed by atoms with Gasteiger partial charge < -0.3 is 0 Å². The van der Waals surface area contributed by atoms with E-state index in [4.69, 9.17) is 10.5 Å². The van der Waals surface area contributed by atoms with Gasteiger partial charge in [-0.25, -0.2) is 0 Å². The normalized spacial score (nSPS) is 9.81. The predicted molar refractivity (Wildman–Crippen MR) is 84.6 cm³/mol. The Labute approximate surface area is 127 Å². The average molecular weight is 286 g/mol. The highest BCUT2D eigenvalue weighted by Gasteiger charge is 2.05. The quantitative estimate of drug-likeness (QED) is 0.677. The van der Waals surface area contributed by atoms with Gasteiger partial charge in [0.05, 0.1) is 23.3 Å². The molecule has 3 heteroatoms. The van der Waals surface area contributed by atoms with Gasteiger partial charge in [-0.3, -0.25) is 0 Å². The van der Waals surface area contributed by atoms with Crippen molar-refractivity contribution >= 4 is 11.3 Å². The standard InChI is InChI=1S/C18H10N2S/c19-11-13-4-6-15(7-5-13)17-8-9-18(21-17)16-3-1-2-14(10-16)12-20/h1-10H. The number of nitrogens with zero attached hydrogens (tertiary/aromatic N) is 2. The van der Waals surface area contributed by atoms with Gasteiger partial charge in [-0.15, -0.1) is 11.3 Å². The summed E-state index contributed by atoms with van der Waals surface area (Å²) in [6, 6.07) is 23.6. The molecule has 0 saturated carbocycles. The first-order chi connectivity index (χ1) is 10.3. The second kappa shape index (κ2) is 5.63. The van der Waals surface area contributed by atoms with Crippen LogP contribution >= 0.6 is 11.3 Å². The second-order valence-corrected chi connectivity index (χ2v) is 5.63. The van der Waals surface area contributed by atoms with E-state index in [-0.39, 0.29) is 0 Å². The second-order valence-electron chi connectivity index (χ2n) is 4.55. The van der Waals surface area contributed by atoms with E-state index in [2.05, 4.69) is 24.3 Å². The van der Waals surface area contributed by atoms with Crippen molar-refractivity contribution < 1.29 is 0 Å². The van der Waals surface area contributed by atoms with Gasteiger partial charge in [-0.1, -0.05) is 24.3 Å².